The largest absolute Gasteiger partial charge is 0.497 e. The van der Waals surface area contributed by atoms with Crippen molar-refractivity contribution in [1.82, 2.24) is 9.58 Å². The van der Waals surface area contributed by atoms with Crippen molar-refractivity contribution in [3.05, 3.63) is 94.6 Å². The van der Waals surface area contributed by atoms with Crippen LogP contribution in [0.2, 0.25) is 0 Å². The summed E-state index contributed by atoms with van der Waals surface area (Å²) in [5.41, 5.74) is 4.20. The van der Waals surface area contributed by atoms with Crippen LogP contribution in [0.3, 0.4) is 0 Å². The third-order valence-electron chi connectivity index (χ3n) is 6.41. The summed E-state index contributed by atoms with van der Waals surface area (Å²) in [4.78, 5) is 14.7. The molecule has 36 heavy (non-hydrogen) atoms. The number of nitrogens with zero attached hydrogens (tertiary/aromatic N) is 3. The van der Waals surface area contributed by atoms with E-state index in [0.29, 0.717) is 12.2 Å². The lowest BCUT2D eigenvalue weighted by atomic mass is 9.98. The molecule has 0 radical (unpaired) electrons. The first-order valence-corrected chi connectivity index (χ1v) is 13.9. The molecule has 0 unspecified atom stereocenters. The molecule has 4 aromatic rings. The molecule has 2 heterocycles. The van der Waals surface area contributed by atoms with Gasteiger partial charge in [0, 0.05) is 39.4 Å². The maximum absolute atomic E-state index is 13.6. The molecule has 0 aliphatic carbocycles. The van der Waals surface area contributed by atoms with Gasteiger partial charge in [0.1, 0.15) is 5.75 Å². The number of amides is 1. The molecular formula is C29H28BrN3O2S. The molecule has 7 heteroatoms. The highest BCUT2D eigenvalue weighted by atomic mass is 79.9. The Hall–Kier alpha value is -3.03. The number of benzene rings is 3. The standard InChI is InChI=1S/C29H28BrN3O2S/c1-3-16-32-18-28(24-6-4-5-7-26(24)32)36-19-29(34)33-27(21-10-14-23(35-2)15-11-21)17-25(31-33)20-8-12-22(30)13-9-20/h4-15,18,27H,3,16-17,19H2,1-2H3/t27-/m0/s1. The Morgan fingerprint density at radius 2 is 1.83 bits per heavy atom. The average Bonchev–Trinajstić information content (AvgIpc) is 3.51. The van der Waals surface area contributed by atoms with Crippen molar-refractivity contribution < 1.29 is 9.53 Å². The highest BCUT2D eigenvalue weighted by Gasteiger charge is 2.33. The Labute approximate surface area is 224 Å². The quantitative estimate of drug-likeness (QED) is 0.212. The van der Waals surface area contributed by atoms with Crippen molar-refractivity contribution in [2.45, 2.75) is 37.2 Å². The molecule has 184 valence electrons. The van der Waals surface area contributed by atoms with Gasteiger partial charge in [0.15, 0.2) is 0 Å². The lowest BCUT2D eigenvalue weighted by Crippen LogP contribution is -2.28. The number of carbonyl (C=O) groups excluding carboxylic acids is 1. The van der Waals surface area contributed by atoms with Crippen LogP contribution in [-0.4, -0.2) is 34.1 Å². The number of rotatable bonds is 8. The zero-order valence-electron chi connectivity index (χ0n) is 20.4. The number of hydrogen-bond acceptors (Lipinski definition) is 4. The van der Waals surface area contributed by atoms with Crippen molar-refractivity contribution in [1.29, 1.82) is 0 Å². The number of halogens is 1. The number of fused-ring (bicyclic) bond motifs is 1. The van der Waals surface area contributed by atoms with Crippen molar-refractivity contribution in [2.75, 3.05) is 12.9 Å². The molecule has 5 nitrogen and oxygen atoms in total. The molecule has 1 aromatic heterocycles. The van der Waals surface area contributed by atoms with Gasteiger partial charge in [-0.15, -0.1) is 11.8 Å². The average molecular weight is 563 g/mol. The first kappa shape index (κ1) is 24.7. The number of hydrazone groups is 1. The van der Waals surface area contributed by atoms with Crippen LogP contribution in [0.25, 0.3) is 10.9 Å². The predicted molar refractivity (Wildman–Crippen MR) is 151 cm³/mol. The molecule has 5 rings (SSSR count). The Bertz CT molecular complexity index is 1400. The van der Waals surface area contributed by atoms with Gasteiger partial charge >= 0.3 is 0 Å². The first-order valence-electron chi connectivity index (χ1n) is 12.1. The van der Waals surface area contributed by atoms with Crippen LogP contribution < -0.4 is 4.74 Å². The van der Waals surface area contributed by atoms with Crippen molar-refractivity contribution in [3.8, 4) is 5.75 Å². The number of ether oxygens (including phenoxy) is 1. The van der Waals surface area contributed by atoms with E-state index in [1.54, 1.807) is 23.9 Å². The maximum Gasteiger partial charge on any atom is 0.253 e. The lowest BCUT2D eigenvalue weighted by molar-refractivity contribution is -0.130. The molecular weight excluding hydrogens is 534 g/mol. The Kier molecular flexibility index (Phi) is 7.48. The molecule has 1 aliphatic rings. The fraction of sp³-hybridized carbons (Fsp3) is 0.241. The van der Waals surface area contributed by atoms with Gasteiger partial charge in [0.2, 0.25) is 0 Å². The van der Waals surface area contributed by atoms with E-state index < -0.39 is 0 Å². The molecule has 0 saturated carbocycles. The lowest BCUT2D eigenvalue weighted by Gasteiger charge is -2.22. The topological polar surface area (TPSA) is 46.8 Å². The molecule has 1 amide bonds. The van der Waals surface area contributed by atoms with Gasteiger partial charge in [-0.1, -0.05) is 65.3 Å². The van der Waals surface area contributed by atoms with Crippen LogP contribution in [-0.2, 0) is 11.3 Å². The summed E-state index contributed by atoms with van der Waals surface area (Å²) in [7, 11) is 1.66. The third kappa shape index (κ3) is 5.08. The minimum atomic E-state index is -0.149. The molecule has 0 spiro atoms. The minimum absolute atomic E-state index is 0.000234. The smallest absolute Gasteiger partial charge is 0.253 e. The number of para-hydroxylation sites is 1. The van der Waals surface area contributed by atoms with Crippen molar-refractivity contribution in [2.24, 2.45) is 5.10 Å². The summed E-state index contributed by atoms with van der Waals surface area (Å²) in [5.74, 6) is 1.12. The SMILES string of the molecule is CCCn1cc(SCC(=O)N2N=C(c3ccc(Br)cc3)C[C@H]2c2ccc(OC)cc2)c2ccccc21. The van der Waals surface area contributed by atoms with E-state index in [-0.39, 0.29) is 11.9 Å². The number of carbonyl (C=O) groups is 1. The summed E-state index contributed by atoms with van der Waals surface area (Å²) in [6.45, 7) is 3.14. The van der Waals surface area contributed by atoms with Crippen LogP contribution in [0.4, 0.5) is 0 Å². The van der Waals surface area contributed by atoms with E-state index >= 15 is 0 Å². The van der Waals surface area contributed by atoms with Gasteiger partial charge in [0.25, 0.3) is 5.91 Å². The second kappa shape index (κ2) is 10.9. The number of aromatic nitrogens is 1. The van der Waals surface area contributed by atoms with Gasteiger partial charge in [-0.05, 0) is 47.9 Å². The molecule has 0 saturated heterocycles. The summed E-state index contributed by atoms with van der Waals surface area (Å²) >= 11 is 5.09. The fourth-order valence-corrected chi connectivity index (χ4v) is 5.81. The number of thioether (sulfide) groups is 1. The molecule has 3 aromatic carbocycles. The van der Waals surface area contributed by atoms with Crippen molar-refractivity contribution in [3.63, 3.8) is 0 Å². The second-order valence-corrected chi connectivity index (χ2v) is 10.7. The molecule has 0 fully saturated rings. The first-order chi connectivity index (χ1) is 17.6. The van der Waals surface area contributed by atoms with Crippen LogP contribution in [0, 0.1) is 0 Å². The Morgan fingerprint density at radius 1 is 1.08 bits per heavy atom. The van der Waals surface area contributed by atoms with E-state index in [0.717, 1.165) is 44.9 Å². The van der Waals surface area contributed by atoms with E-state index in [1.807, 2.05) is 48.5 Å². The monoisotopic (exact) mass is 561 g/mol. The Balaban J connectivity index is 1.41. The summed E-state index contributed by atoms with van der Waals surface area (Å²) in [5, 5.41) is 7.70. The highest BCUT2D eigenvalue weighted by Crippen LogP contribution is 2.36. The van der Waals surface area contributed by atoms with E-state index in [2.05, 4.69) is 57.9 Å². The summed E-state index contributed by atoms with van der Waals surface area (Å²) < 4.78 is 8.63. The van der Waals surface area contributed by atoms with E-state index in [1.165, 1.54) is 10.9 Å². The second-order valence-electron chi connectivity index (χ2n) is 8.78. The van der Waals surface area contributed by atoms with E-state index in [9.17, 15) is 4.79 Å². The maximum atomic E-state index is 13.6. The van der Waals surface area contributed by atoms with Crippen LogP contribution in [0.1, 0.15) is 36.9 Å². The highest BCUT2D eigenvalue weighted by molar-refractivity contribution is 9.10. The summed E-state index contributed by atoms with van der Waals surface area (Å²) in [6, 6.07) is 24.3. The third-order valence-corrected chi connectivity index (χ3v) is 7.97. The van der Waals surface area contributed by atoms with Crippen LogP contribution in [0.5, 0.6) is 5.75 Å². The fourth-order valence-electron chi connectivity index (χ4n) is 4.60. The number of methoxy groups -OCH3 is 1. The van der Waals surface area contributed by atoms with Crippen LogP contribution >= 0.6 is 27.7 Å². The van der Waals surface area contributed by atoms with Gasteiger partial charge in [-0.3, -0.25) is 4.79 Å². The van der Waals surface area contributed by atoms with E-state index in [4.69, 9.17) is 9.84 Å². The molecule has 0 N–H and O–H groups in total. The van der Waals surface area contributed by atoms with Crippen LogP contribution in [0.15, 0.2) is 93.5 Å². The number of aryl methyl sites for hydroxylation is 1. The van der Waals surface area contributed by atoms with Gasteiger partial charge in [-0.2, -0.15) is 5.10 Å². The Morgan fingerprint density at radius 3 is 2.56 bits per heavy atom. The minimum Gasteiger partial charge on any atom is -0.497 e. The molecule has 0 bridgehead atoms. The van der Waals surface area contributed by atoms with Gasteiger partial charge in [0.05, 0.1) is 24.6 Å². The van der Waals surface area contributed by atoms with Crippen molar-refractivity contribution >= 4 is 50.2 Å². The predicted octanol–water partition coefficient (Wildman–Crippen LogP) is 7.29. The molecule has 1 atom stereocenters. The normalized spacial score (nSPS) is 15.4. The van der Waals surface area contributed by atoms with Gasteiger partial charge in [-0.25, -0.2) is 5.01 Å². The summed E-state index contributed by atoms with van der Waals surface area (Å²) in [6.07, 6.45) is 3.90. The zero-order chi connectivity index (χ0) is 25.1. The number of hydrogen-bond donors (Lipinski definition) is 0. The zero-order valence-corrected chi connectivity index (χ0v) is 22.8. The van der Waals surface area contributed by atoms with Gasteiger partial charge < -0.3 is 9.30 Å². The molecule has 1 aliphatic heterocycles.